The molecule has 0 aromatic heterocycles. The zero-order valence-electron chi connectivity index (χ0n) is 18.7. The highest BCUT2D eigenvalue weighted by molar-refractivity contribution is 4.71. The molecule has 2 N–H and O–H groups in total. The van der Waals surface area contributed by atoms with E-state index >= 15 is 0 Å². The molecule has 3 fully saturated rings. The smallest absolute Gasteiger partial charge is 0.0110 e. The van der Waals surface area contributed by atoms with Gasteiger partial charge in [-0.1, -0.05) is 13.8 Å². The first-order valence-corrected chi connectivity index (χ1v) is 11.3. The molecule has 0 amide bonds. The Labute approximate surface area is 164 Å². The Hall–Kier alpha value is -0.160. The number of likely N-dealkylation sites (tertiary alicyclic amines) is 1. The van der Waals surface area contributed by atoms with Crippen molar-refractivity contribution < 1.29 is 0 Å². The third-order valence-corrected chi connectivity index (χ3v) is 6.08. The van der Waals surface area contributed by atoms with Crippen LogP contribution in [-0.4, -0.2) is 74.2 Å². The van der Waals surface area contributed by atoms with E-state index < -0.39 is 0 Å². The molecule has 4 nitrogen and oxygen atoms in total. The first kappa shape index (κ1) is 23.9. The van der Waals surface area contributed by atoms with Gasteiger partial charge in [0.1, 0.15) is 0 Å². The van der Waals surface area contributed by atoms with Crippen LogP contribution in [0.3, 0.4) is 0 Å². The normalized spacial score (nSPS) is 23.0. The molecule has 26 heavy (non-hydrogen) atoms. The Bertz CT molecular complexity index is 290. The lowest BCUT2D eigenvalue weighted by Gasteiger charge is -2.30. The average molecular weight is 369 g/mol. The molecule has 0 unspecified atom stereocenters. The van der Waals surface area contributed by atoms with Crippen molar-refractivity contribution in [3.05, 3.63) is 0 Å². The summed E-state index contributed by atoms with van der Waals surface area (Å²) in [5.74, 6) is 1.89. The van der Waals surface area contributed by atoms with E-state index in [-0.39, 0.29) is 0 Å². The Balaban J connectivity index is 0.000000195. The number of hydrogen-bond donors (Lipinski definition) is 2. The second-order valence-corrected chi connectivity index (χ2v) is 9.05. The summed E-state index contributed by atoms with van der Waals surface area (Å²) in [6.07, 6.45) is 5.60. The Morgan fingerprint density at radius 1 is 0.615 bits per heavy atom. The third-order valence-electron chi connectivity index (χ3n) is 6.08. The van der Waals surface area contributed by atoms with Gasteiger partial charge in [0.25, 0.3) is 0 Å². The van der Waals surface area contributed by atoms with Gasteiger partial charge in [0, 0.05) is 38.3 Å². The molecule has 0 aromatic carbocycles. The van der Waals surface area contributed by atoms with E-state index in [1.54, 1.807) is 0 Å². The molecule has 0 aromatic rings. The summed E-state index contributed by atoms with van der Waals surface area (Å²) in [5, 5.41) is 6.70. The molecular weight excluding hydrogens is 320 g/mol. The largest absolute Gasteiger partial charge is 0.317 e. The zero-order chi connectivity index (χ0) is 19.4. The van der Waals surface area contributed by atoms with Gasteiger partial charge in [0.2, 0.25) is 0 Å². The molecule has 0 radical (unpaired) electrons. The molecule has 0 aliphatic carbocycles. The molecule has 3 aliphatic heterocycles. The first-order valence-electron chi connectivity index (χ1n) is 11.3. The summed E-state index contributed by atoms with van der Waals surface area (Å²) >= 11 is 0. The van der Waals surface area contributed by atoms with Gasteiger partial charge in [-0.3, -0.25) is 4.90 Å². The molecule has 0 atom stereocenters. The van der Waals surface area contributed by atoms with E-state index in [1.165, 1.54) is 65.0 Å². The van der Waals surface area contributed by atoms with Crippen molar-refractivity contribution in [2.45, 2.75) is 79.3 Å². The van der Waals surface area contributed by atoms with E-state index in [4.69, 9.17) is 0 Å². The van der Waals surface area contributed by atoms with E-state index in [0.717, 1.165) is 37.0 Å². The fraction of sp³-hybridized carbons (Fsp3) is 1.00. The minimum absolute atomic E-state index is 0.729. The van der Waals surface area contributed by atoms with Gasteiger partial charge in [0.05, 0.1) is 0 Å². The summed E-state index contributed by atoms with van der Waals surface area (Å²) in [6, 6.07) is 1.50. The number of nitrogens with zero attached hydrogens (tertiary/aromatic N) is 2. The fourth-order valence-corrected chi connectivity index (χ4v) is 3.97. The van der Waals surface area contributed by atoms with Crippen LogP contribution >= 0.6 is 0 Å². The molecule has 4 heteroatoms. The van der Waals surface area contributed by atoms with Gasteiger partial charge in [0.15, 0.2) is 0 Å². The van der Waals surface area contributed by atoms with Crippen molar-refractivity contribution >= 4 is 0 Å². The highest BCUT2D eigenvalue weighted by Crippen LogP contribution is 2.20. The number of piperazine rings is 1. The van der Waals surface area contributed by atoms with Gasteiger partial charge in [-0.25, -0.2) is 0 Å². The number of piperidine rings is 1. The lowest BCUT2D eigenvalue weighted by Crippen LogP contribution is -2.46. The van der Waals surface area contributed by atoms with Crippen LogP contribution in [0.1, 0.15) is 67.2 Å². The first-order chi connectivity index (χ1) is 12.4. The number of hydrogen-bond acceptors (Lipinski definition) is 4. The van der Waals surface area contributed by atoms with Crippen LogP contribution in [0.2, 0.25) is 0 Å². The summed E-state index contributed by atoms with van der Waals surface area (Å²) in [5.41, 5.74) is 0. The predicted molar refractivity (Wildman–Crippen MR) is 116 cm³/mol. The maximum atomic E-state index is 3.37. The second kappa shape index (κ2) is 13.9. The number of nitrogens with one attached hydrogen (secondary N) is 2. The minimum atomic E-state index is 0.729. The van der Waals surface area contributed by atoms with E-state index in [2.05, 4.69) is 62.0 Å². The van der Waals surface area contributed by atoms with Crippen molar-refractivity contribution in [1.29, 1.82) is 0 Å². The zero-order valence-corrected chi connectivity index (χ0v) is 18.7. The Morgan fingerprint density at radius 2 is 1.04 bits per heavy atom. The van der Waals surface area contributed by atoms with Gasteiger partial charge in [-0.2, -0.15) is 0 Å². The van der Waals surface area contributed by atoms with Gasteiger partial charge < -0.3 is 15.5 Å². The van der Waals surface area contributed by atoms with Crippen LogP contribution < -0.4 is 10.6 Å². The fourth-order valence-electron chi connectivity index (χ4n) is 3.97. The van der Waals surface area contributed by atoms with E-state index in [1.807, 2.05) is 0 Å². The lowest BCUT2D eigenvalue weighted by molar-refractivity contribution is 0.196. The van der Waals surface area contributed by atoms with Crippen LogP contribution in [0.5, 0.6) is 0 Å². The quantitative estimate of drug-likeness (QED) is 0.799. The van der Waals surface area contributed by atoms with Crippen LogP contribution in [0, 0.1) is 11.8 Å². The molecule has 3 rings (SSSR count). The molecule has 3 saturated heterocycles. The van der Waals surface area contributed by atoms with Crippen molar-refractivity contribution in [3.63, 3.8) is 0 Å². The second-order valence-electron chi connectivity index (χ2n) is 9.05. The highest BCUT2D eigenvalue weighted by Gasteiger charge is 2.15. The Kier molecular flexibility index (Phi) is 12.8. The third kappa shape index (κ3) is 10.2. The van der Waals surface area contributed by atoms with Crippen molar-refractivity contribution in [3.8, 4) is 0 Å². The maximum Gasteiger partial charge on any atom is 0.0110 e. The standard InChI is InChI=1S/C8H17N.C7H16N2.C7H15N/c1-7(2)8-3-5-9-6-4-8;1-7(2)9-5-3-8-4-6-9;1-7(2)8-5-3-4-6-8/h7-9H,3-6H2,1-2H3;7-8H,3-6H2,1-2H3;7H,3-6H2,1-2H3. The van der Waals surface area contributed by atoms with Crippen LogP contribution in [0.25, 0.3) is 0 Å². The van der Waals surface area contributed by atoms with E-state index in [9.17, 15) is 0 Å². The van der Waals surface area contributed by atoms with Gasteiger partial charge in [-0.15, -0.1) is 0 Å². The SMILES string of the molecule is CC(C)C1CCNCC1.CC(C)N1CCCC1.CC(C)N1CCNCC1. The molecule has 3 aliphatic rings. The summed E-state index contributed by atoms with van der Waals surface area (Å²) in [4.78, 5) is 5.02. The lowest BCUT2D eigenvalue weighted by atomic mass is 9.87. The predicted octanol–water partition coefficient (Wildman–Crippen LogP) is 3.43. The summed E-state index contributed by atoms with van der Waals surface area (Å²) < 4.78 is 0. The molecule has 156 valence electrons. The monoisotopic (exact) mass is 368 g/mol. The highest BCUT2D eigenvalue weighted by atomic mass is 15.2. The molecule has 0 spiro atoms. The molecule has 3 heterocycles. The number of rotatable bonds is 3. The van der Waals surface area contributed by atoms with Crippen molar-refractivity contribution in [2.75, 3.05) is 52.4 Å². The molecular formula is C22H48N4. The Morgan fingerprint density at radius 3 is 1.35 bits per heavy atom. The van der Waals surface area contributed by atoms with Crippen LogP contribution in [0.4, 0.5) is 0 Å². The van der Waals surface area contributed by atoms with Crippen LogP contribution in [-0.2, 0) is 0 Å². The van der Waals surface area contributed by atoms with Crippen molar-refractivity contribution in [1.82, 2.24) is 20.4 Å². The topological polar surface area (TPSA) is 30.5 Å². The summed E-state index contributed by atoms with van der Waals surface area (Å²) in [6.45, 7) is 23.6. The minimum Gasteiger partial charge on any atom is -0.317 e. The molecule has 0 bridgehead atoms. The van der Waals surface area contributed by atoms with Crippen molar-refractivity contribution in [2.24, 2.45) is 11.8 Å². The van der Waals surface area contributed by atoms with Gasteiger partial charge >= 0.3 is 0 Å². The van der Waals surface area contributed by atoms with E-state index in [0.29, 0.717) is 0 Å². The summed E-state index contributed by atoms with van der Waals surface area (Å²) in [7, 11) is 0. The average Bonchev–Trinajstić information content (AvgIpc) is 3.19. The van der Waals surface area contributed by atoms with Gasteiger partial charge in [-0.05, 0) is 91.4 Å². The van der Waals surface area contributed by atoms with Crippen LogP contribution in [0.15, 0.2) is 0 Å². The molecule has 0 saturated carbocycles. The maximum absolute atomic E-state index is 3.37.